The van der Waals surface area contributed by atoms with Crippen LogP contribution in [-0.4, -0.2) is 31.0 Å². The van der Waals surface area contributed by atoms with Gasteiger partial charge in [0.05, 0.1) is 15.6 Å². The van der Waals surface area contributed by atoms with Gasteiger partial charge in [-0.1, -0.05) is 72.5 Å². The summed E-state index contributed by atoms with van der Waals surface area (Å²) in [4.78, 5) is 12.8. The number of urea groups is 1. The molecule has 40 heavy (non-hydrogen) atoms. The molecule has 2 amide bonds. The summed E-state index contributed by atoms with van der Waals surface area (Å²) in [6, 6.07) is 18.1. The Balaban J connectivity index is 1.52. The summed E-state index contributed by atoms with van der Waals surface area (Å²) in [5, 5.41) is 5.23. The van der Waals surface area contributed by atoms with E-state index in [2.05, 4.69) is 5.16 Å². The topological polar surface area (TPSA) is 102 Å². The average molecular weight is 621 g/mol. The highest BCUT2D eigenvalue weighted by Gasteiger charge is 2.24. The molecule has 3 aromatic carbocycles. The summed E-state index contributed by atoms with van der Waals surface area (Å²) >= 11 is 14.0. The molecular weight excluding hydrogens is 593 g/mol. The smallest absolute Gasteiger partial charge is 0.340 e. The third-order valence-corrected chi connectivity index (χ3v) is 8.09. The monoisotopic (exact) mass is 619 g/mol. The minimum atomic E-state index is -3.02. The summed E-state index contributed by atoms with van der Waals surface area (Å²) in [7, 11) is -1.52. The fourth-order valence-corrected chi connectivity index (χ4v) is 5.72. The van der Waals surface area contributed by atoms with E-state index in [0.717, 1.165) is 39.1 Å². The number of thiol groups is 1. The van der Waals surface area contributed by atoms with E-state index in [1.165, 1.54) is 11.4 Å². The largest absolute Gasteiger partial charge is 0.489 e. The Morgan fingerprint density at radius 2 is 1.73 bits per heavy atom. The van der Waals surface area contributed by atoms with Crippen LogP contribution < -0.4 is 9.46 Å². The van der Waals surface area contributed by atoms with Crippen LogP contribution in [-0.2, 0) is 17.5 Å². The second kappa shape index (κ2) is 13.0. The maximum Gasteiger partial charge on any atom is 0.340 e. The number of carbonyl (C=O) groups excluding carboxylic acids is 1. The van der Waals surface area contributed by atoms with Crippen LogP contribution in [0, 0.1) is 6.92 Å². The summed E-state index contributed by atoms with van der Waals surface area (Å²) in [5.41, 5.74) is 4.77. The first-order chi connectivity index (χ1) is 19.0. The number of nitrogens with one attached hydrogen (secondary N) is 1. The van der Waals surface area contributed by atoms with Crippen molar-refractivity contribution in [3.8, 4) is 28.1 Å². The van der Waals surface area contributed by atoms with E-state index in [1.807, 2.05) is 68.0 Å². The average Bonchev–Trinajstić information content (AvgIpc) is 3.32. The molecule has 4 rings (SSSR count). The first kappa shape index (κ1) is 29.8. The fourth-order valence-electron chi connectivity index (χ4n) is 3.95. The maximum absolute atomic E-state index is 12.0. The minimum absolute atomic E-state index is 0.0743. The van der Waals surface area contributed by atoms with Crippen LogP contribution in [0.15, 0.2) is 70.1 Å². The lowest BCUT2D eigenvalue weighted by Gasteiger charge is -2.17. The number of aromatic nitrogens is 1. The number of hydrogen-bond donors (Lipinski definition) is 2. The van der Waals surface area contributed by atoms with Gasteiger partial charge in [-0.2, -0.15) is 0 Å². The van der Waals surface area contributed by atoms with Crippen LogP contribution >= 0.6 is 35.1 Å². The van der Waals surface area contributed by atoms with Gasteiger partial charge in [-0.25, -0.2) is 17.9 Å². The van der Waals surface area contributed by atoms with Crippen molar-refractivity contribution in [2.45, 2.75) is 38.2 Å². The van der Waals surface area contributed by atoms with Crippen LogP contribution in [0.4, 0.5) is 4.79 Å². The highest BCUT2D eigenvalue weighted by molar-refractivity contribution is 7.97. The van der Waals surface area contributed by atoms with E-state index in [9.17, 15) is 13.2 Å². The standard InChI is InChI=1S/C28H27Cl2N3O5S2/c1-16(2)27-21(26(31-38-27)25-22(29)6-5-7-23(25)30)15-37-20-12-10-18(11-13-20)19-9-8-17(3)24(14-19)39-33(4)28(34)32-40(35)36/h5-14,16,40H,15H2,1-4H3,(H,32,34,35,36). The van der Waals surface area contributed by atoms with Crippen molar-refractivity contribution in [1.29, 1.82) is 0 Å². The molecule has 1 N–H and O–H groups in total. The SMILES string of the molecule is Cc1ccc(-c2ccc(OCc3c(-c4c(Cl)cccc4Cl)noc3C(C)C)cc2)cc1SN(C)C(=O)N[SH](=O)=O. The van der Waals surface area contributed by atoms with Gasteiger partial charge in [0, 0.05) is 23.4 Å². The van der Waals surface area contributed by atoms with Gasteiger partial charge in [0.2, 0.25) is 10.9 Å². The second-order valence-electron chi connectivity index (χ2n) is 9.18. The van der Waals surface area contributed by atoms with Crippen LogP contribution in [0.1, 0.15) is 36.7 Å². The number of rotatable bonds is 9. The highest BCUT2D eigenvalue weighted by atomic mass is 35.5. The van der Waals surface area contributed by atoms with E-state index in [0.29, 0.717) is 32.8 Å². The van der Waals surface area contributed by atoms with E-state index in [4.69, 9.17) is 32.5 Å². The van der Waals surface area contributed by atoms with Crippen LogP contribution in [0.2, 0.25) is 10.0 Å². The number of ether oxygens (including phenoxy) is 1. The molecule has 0 aliphatic carbocycles. The molecule has 8 nitrogen and oxygen atoms in total. The quantitative estimate of drug-likeness (QED) is 0.148. The molecule has 0 spiro atoms. The van der Waals surface area contributed by atoms with E-state index in [-0.39, 0.29) is 12.5 Å². The van der Waals surface area contributed by atoms with Gasteiger partial charge in [-0.3, -0.25) is 4.31 Å². The number of carbonyl (C=O) groups is 1. The second-order valence-corrected chi connectivity index (χ2v) is 11.9. The lowest BCUT2D eigenvalue weighted by molar-refractivity contribution is 0.236. The van der Waals surface area contributed by atoms with Crippen molar-refractivity contribution in [2.75, 3.05) is 7.05 Å². The zero-order valence-electron chi connectivity index (χ0n) is 22.1. The molecule has 0 bridgehead atoms. The summed E-state index contributed by atoms with van der Waals surface area (Å²) in [6.07, 6.45) is 0. The molecule has 0 unspecified atom stereocenters. The Bertz CT molecular complexity index is 1580. The molecule has 0 aliphatic rings. The van der Waals surface area contributed by atoms with Gasteiger partial charge >= 0.3 is 6.03 Å². The molecule has 0 saturated carbocycles. The molecular formula is C28H27Cl2N3O5S2. The van der Waals surface area contributed by atoms with Crippen molar-refractivity contribution < 1.29 is 22.5 Å². The summed E-state index contributed by atoms with van der Waals surface area (Å²) in [6.45, 7) is 6.16. The Hall–Kier alpha value is -3.18. The molecule has 12 heteroatoms. The Morgan fingerprint density at radius 3 is 2.35 bits per heavy atom. The van der Waals surface area contributed by atoms with E-state index < -0.39 is 16.9 Å². The van der Waals surface area contributed by atoms with Crippen LogP contribution in [0.25, 0.3) is 22.4 Å². The number of benzene rings is 3. The Labute approximate surface area is 248 Å². The zero-order chi connectivity index (χ0) is 29.0. The van der Waals surface area contributed by atoms with Gasteiger partial charge in [-0.15, -0.1) is 0 Å². The molecule has 1 aromatic heterocycles. The molecule has 0 saturated heterocycles. The van der Waals surface area contributed by atoms with Crippen molar-refractivity contribution in [3.63, 3.8) is 0 Å². The first-order valence-corrected chi connectivity index (χ1v) is 14.9. The summed E-state index contributed by atoms with van der Waals surface area (Å²) in [5.74, 6) is 1.43. The van der Waals surface area contributed by atoms with Gasteiger partial charge in [0.25, 0.3) is 0 Å². The molecule has 1 heterocycles. The molecule has 210 valence electrons. The lowest BCUT2D eigenvalue weighted by Crippen LogP contribution is -2.31. The first-order valence-electron chi connectivity index (χ1n) is 12.2. The van der Waals surface area contributed by atoms with E-state index >= 15 is 0 Å². The normalized spacial score (nSPS) is 11.2. The number of hydrogen-bond acceptors (Lipinski definition) is 7. The Kier molecular flexibility index (Phi) is 9.68. The van der Waals surface area contributed by atoms with Crippen molar-refractivity contribution in [3.05, 3.63) is 87.6 Å². The zero-order valence-corrected chi connectivity index (χ0v) is 25.3. The molecule has 0 atom stereocenters. The third kappa shape index (κ3) is 6.93. The van der Waals surface area contributed by atoms with Gasteiger partial charge < -0.3 is 9.26 Å². The number of nitrogens with zero attached hydrogens (tertiary/aromatic N) is 2. The number of amides is 2. The highest BCUT2D eigenvalue weighted by Crippen LogP contribution is 2.39. The Morgan fingerprint density at radius 1 is 1.07 bits per heavy atom. The van der Waals surface area contributed by atoms with Crippen LogP contribution in [0.3, 0.4) is 0 Å². The molecule has 4 aromatic rings. The fraction of sp³-hybridized carbons (Fsp3) is 0.214. The van der Waals surface area contributed by atoms with Gasteiger partial charge in [0.1, 0.15) is 23.8 Å². The summed E-state index contributed by atoms with van der Waals surface area (Å²) < 4.78 is 36.5. The third-order valence-electron chi connectivity index (χ3n) is 6.01. The molecule has 0 radical (unpaired) electrons. The van der Waals surface area contributed by atoms with Crippen molar-refractivity contribution in [2.24, 2.45) is 0 Å². The van der Waals surface area contributed by atoms with Gasteiger partial charge in [-0.05, 0) is 65.9 Å². The van der Waals surface area contributed by atoms with Crippen LogP contribution in [0.5, 0.6) is 5.75 Å². The van der Waals surface area contributed by atoms with Crippen molar-refractivity contribution >= 4 is 52.1 Å². The maximum atomic E-state index is 12.0. The number of halogens is 2. The minimum Gasteiger partial charge on any atom is -0.489 e. The predicted molar refractivity (Wildman–Crippen MR) is 159 cm³/mol. The van der Waals surface area contributed by atoms with Crippen molar-refractivity contribution in [1.82, 2.24) is 14.2 Å². The predicted octanol–water partition coefficient (Wildman–Crippen LogP) is 7.50. The van der Waals surface area contributed by atoms with Gasteiger partial charge in [0.15, 0.2) is 0 Å². The molecule has 0 aliphatic heterocycles. The molecule has 0 fully saturated rings. The van der Waals surface area contributed by atoms with E-state index in [1.54, 1.807) is 18.2 Å². The number of aryl methyl sites for hydroxylation is 1. The lowest BCUT2D eigenvalue weighted by atomic mass is 10.0.